The van der Waals surface area contributed by atoms with Gasteiger partial charge >= 0.3 is 0 Å². The number of fused-ring (bicyclic) bond motifs is 2. The van der Waals surface area contributed by atoms with Gasteiger partial charge in [0.25, 0.3) is 17.7 Å². The Balaban J connectivity index is 0.817. The molecule has 1 aromatic heterocycles. The molecule has 2 unspecified atom stereocenters. The van der Waals surface area contributed by atoms with Crippen LogP contribution in [0, 0.1) is 5.92 Å². The van der Waals surface area contributed by atoms with Gasteiger partial charge < -0.3 is 25.4 Å². The van der Waals surface area contributed by atoms with Crippen molar-refractivity contribution in [2.24, 2.45) is 11.7 Å². The Morgan fingerprint density at radius 3 is 2.39 bits per heavy atom. The Kier molecular flexibility index (Phi) is 10.9. The third-order valence-electron chi connectivity index (χ3n) is 11.0. The van der Waals surface area contributed by atoms with Crippen LogP contribution in [0.2, 0.25) is 0 Å². The van der Waals surface area contributed by atoms with Crippen molar-refractivity contribution in [3.8, 4) is 22.8 Å². The number of imide groups is 2. The van der Waals surface area contributed by atoms with Crippen LogP contribution in [0.25, 0.3) is 11.3 Å². The summed E-state index contributed by atoms with van der Waals surface area (Å²) in [5.41, 5.74) is 8.29. The van der Waals surface area contributed by atoms with Crippen LogP contribution in [-0.4, -0.2) is 100 Å². The lowest BCUT2D eigenvalue weighted by atomic mass is 9.87. The van der Waals surface area contributed by atoms with Crippen molar-refractivity contribution in [1.82, 2.24) is 24.9 Å². The number of nitrogens with one attached hydrogen (secondary N) is 2. The number of ether oxygens (including phenoxy) is 2. The fraction of sp³-hybridized carbons (Fsp3) is 0.366. The molecule has 2 fully saturated rings. The van der Waals surface area contributed by atoms with Crippen molar-refractivity contribution in [3.63, 3.8) is 0 Å². The number of anilines is 1. The third-order valence-corrected chi connectivity index (χ3v) is 12.0. The number of nitrogens with zero attached hydrogens (tertiary/aromatic N) is 4. The Bertz CT molecular complexity index is 2150. The number of rotatable bonds is 13. The maximum Gasteiger partial charge on any atom is 0.263 e. The van der Waals surface area contributed by atoms with Gasteiger partial charge in [-0.1, -0.05) is 24.3 Å². The zero-order valence-electron chi connectivity index (χ0n) is 30.8. The van der Waals surface area contributed by atoms with Crippen molar-refractivity contribution < 1.29 is 33.4 Å². The van der Waals surface area contributed by atoms with Crippen molar-refractivity contribution in [3.05, 3.63) is 89.5 Å². The van der Waals surface area contributed by atoms with Crippen LogP contribution in [0.5, 0.6) is 11.5 Å². The average Bonchev–Trinajstić information content (AvgIpc) is 3.72. The van der Waals surface area contributed by atoms with E-state index in [-0.39, 0.29) is 24.4 Å². The SMILES string of the molecule is NC(=O)c1c(-c2ccc(Oc3ccccc3)cc2)nn2c1NCCC2C1CCN(CCOCCSc2cccc3c2C(=O)N(C2CCC(=O)NC2=O)C3=O)CC1. The number of para-hydroxylation sites is 1. The first kappa shape index (κ1) is 37.4. The Morgan fingerprint density at radius 2 is 1.64 bits per heavy atom. The Labute approximate surface area is 328 Å². The van der Waals surface area contributed by atoms with Crippen LogP contribution in [0.1, 0.15) is 69.2 Å². The second-order valence-electron chi connectivity index (χ2n) is 14.4. The van der Waals surface area contributed by atoms with Gasteiger partial charge in [0.15, 0.2) is 0 Å². The zero-order valence-corrected chi connectivity index (χ0v) is 31.6. The average molecular weight is 778 g/mol. The van der Waals surface area contributed by atoms with E-state index in [9.17, 15) is 24.0 Å². The zero-order chi connectivity index (χ0) is 38.8. The third kappa shape index (κ3) is 7.53. The van der Waals surface area contributed by atoms with Crippen molar-refractivity contribution in [2.75, 3.05) is 50.5 Å². The molecular formula is C41H43N7O7S. The summed E-state index contributed by atoms with van der Waals surface area (Å²) >= 11 is 1.44. The van der Waals surface area contributed by atoms with Gasteiger partial charge in [0, 0.05) is 35.7 Å². The van der Waals surface area contributed by atoms with Crippen LogP contribution in [-0.2, 0) is 14.3 Å². The largest absolute Gasteiger partial charge is 0.457 e. The number of amides is 5. The van der Waals surface area contributed by atoms with Gasteiger partial charge in [-0.2, -0.15) is 5.10 Å². The highest BCUT2D eigenvalue weighted by Crippen LogP contribution is 2.40. The fourth-order valence-corrected chi connectivity index (χ4v) is 9.09. The van der Waals surface area contributed by atoms with Crippen LogP contribution in [0.4, 0.5) is 5.82 Å². The predicted octanol–water partition coefficient (Wildman–Crippen LogP) is 4.72. The van der Waals surface area contributed by atoms with Crippen LogP contribution >= 0.6 is 11.8 Å². The predicted molar refractivity (Wildman–Crippen MR) is 209 cm³/mol. The summed E-state index contributed by atoms with van der Waals surface area (Å²) in [4.78, 5) is 67.4. The van der Waals surface area contributed by atoms with Crippen LogP contribution < -0.4 is 21.1 Å². The second-order valence-corrected chi connectivity index (χ2v) is 15.5. The maximum absolute atomic E-state index is 13.4. The van der Waals surface area contributed by atoms with Gasteiger partial charge in [-0.05, 0) is 93.2 Å². The number of likely N-dealkylation sites (tertiary alicyclic amines) is 1. The summed E-state index contributed by atoms with van der Waals surface area (Å²) in [7, 11) is 0. The molecule has 4 aromatic rings. The number of primary amides is 1. The number of aromatic nitrogens is 2. The molecule has 0 spiro atoms. The minimum absolute atomic E-state index is 0.0779. The van der Waals surface area contributed by atoms with Crippen molar-refractivity contribution in [2.45, 2.75) is 49.1 Å². The minimum atomic E-state index is -0.993. The minimum Gasteiger partial charge on any atom is -0.457 e. The molecule has 2 saturated heterocycles. The summed E-state index contributed by atoms with van der Waals surface area (Å²) < 4.78 is 13.9. The van der Waals surface area contributed by atoms with Gasteiger partial charge in [-0.15, -0.1) is 11.8 Å². The molecule has 4 aliphatic rings. The first-order valence-corrected chi connectivity index (χ1v) is 20.0. The molecule has 4 aliphatic heterocycles. The normalized spacial score (nSPS) is 20.0. The monoisotopic (exact) mass is 777 g/mol. The first-order chi connectivity index (χ1) is 27.3. The number of carbonyl (C=O) groups is 5. The van der Waals surface area contributed by atoms with E-state index >= 15 is 0 Å². The van der Waals surface area contributed by atoms with E-state index in [1.807, 2.05) is 59.3 Å². The molecule has 56 heavy (non-hydrogen) atoms. The smallest absolute Gasteiger partial charge is 0.263 e. The molecule has 8 rings (SSSR count). The standard InChI is InChI=1S/C41H43N7O7S/c42-37(50)35-36(26-9-11-28(12-10-26)55-27-5-2-1-3-6-27)45-48-30(15-18-43-38(35)48)25-16-19-46(20-17-25)21-22-54-23-24-56-32-8-4-7-29-34(32)41(53)47(40(29)52)31-13-14-33(49)44-39(31)51/h1-12,25,30-31,43H,13-24H2,(H2,42,50)(H,44,49,51). The molecule has 3 aromatic carbocycles. The summed E-state index contributed by atoms with van der Waals surface area (Å²) in [5, 5.41) is 10.6. The van der Waals surface area contributed by atoms with Gasteiger partial charge in [-0.3, -0.25) is 34.2 Å². The maximum atomic E-state index is 13.4. The molecule has 0 bridgehead atoms. The van der Waals surface area contributed by atoms with E-state index in [1.165, 1.54) is 11.8 Å². The van der Waals surface area contributed by atoms with E-state index in [1.54, 1.807) is 18.2 Å². The van der Waals surface area contributed by atoms with E-state index in [0.29, 0.717) is 58.2 Å². The molecule has 0 saturated carbocycles. The van der Waals surface area contributed by atoms with Gasteiger partial charge in [0.2, 0.25) is 11.8 Å². The summed E-state index contributed by atoms with van der Waals surface area (Å²) in [6.45, 7) is 4.42. The van der Waals surface area contributed by atoms with Crippen molar-refractivity contribution in [1.29, 1.82) is 0 Å². The Hall–Kier alpha value is -5.51. The van der Waals surface area contributed by atoms with E-state index in [4.69, 9.17) is 20.3 Å². The summed E-state index contributed by atoms with van der Waals surface area (Å²) in [6.07, 6.45) is 3.09. The number of thioether (sulfide) groups is 1. The lowest BCUT2D eigenvalue weighted by molar-refractivity contribution is -0.136. The highest BCUT2D eigenvalue weighted by atomic mass is 32.2. The molecular weight excluding hydrogens is 735 g/mol. The summed E-state index contributed by atoms with van der Waals surface area (Å²) in [6, 6.07) is 21.4. The van der Waals surface area contributed by atoms with E-state index in [2.05, 4.69) is 15.5 Å². The number of nitrogens with two attached hydrogens (primary N) is 1. The van der Waals surface area contributed by atoms with Crippen molar-refractivity contribution >= 4 is 47.1 Å². The highest BCUT2D eigenvalue weighted by molar-refractivity contribution is 7.99. The molecule has 5 amide bonds. The number of benzene rings is 3. The van der Waals surface area contributed by atoms with E-state index in [0.717, 1.165) is 61.7 Å². The number of hydrogen-bond donors (Lipinski definition) is 3. The van der Waals surface area contributed by atoms with E-state index < -0.39 is 35.6 Å². The molecule has 14 nitrogen and oxygen atoms in total. The molecule has 4 N–H and O–H groups in total. The Morgan fingerprint density at radius 1 is 0.875 bits per heavy atom. The molecule has 0 radical (unpaired) electrons. The number of piperidine rings is 2. The second kappa shape index (κ2) is 16.3. The highest BCUT2D eigenvalue weighted by Gasteiger charge is 2.45. The van der Waals surface area contributed by atoms with Crippen LogP contribution in [0.3, 0.4) is 0 Å². The molecule has 0 aliphatic carbocycles. The quantitative estimate of drug-likeness (QED) is 0.0973. The molecule has 290 valence electrons. The van der Waals surface area contributed by atoms with Gasteiger partial charge in [-0.25, -0.2) is 4.68 Å². The summed E-state index contributed by atoms with van der Waals surface area (Å²) in [5.74, 6) is 0.536. The lowest BCUT2D eigenvalue weighted by Gasteiger charge is -2.38. The lowest BCUT2D eigenvalue weighted by Crippen LogP contribution is -2.54. The van der Waals surface area contributed by atoms with Crippen LogP contribution in [0.15, 0.2) is 77.7 Å². The van der Waals surface area contributed by atoms with Gasteiger partial charge in [0.05, 0.1) is 30.4 Å². The topological polar surface area (TPSA) is 178 Å². The molecule has 2 atom stereocenters. The fourth-order valence-electron chi connectivity index (χ4n) is 8.15. The molecule has 15 heteroatoms. The number of hydrogen-bond acceptors (Lipinski definition) is 11. The number of carbonyl (C=O) groups excluding carboxylic acids is 5. The molecule has 5 heterocycles. The van der Waals surface area contributed by atoms with Gasteiger partial charge in [0.1, 0.15) is 34.6 Å². The first-order valence-electron chi connectivity index (χ1n) is 19.0.